The van der Waals surface area contributed by atoms with Gasteiger partial charge in [0.05, 0.1) is 15.2 Å². The highest BCUT2D eigenvalue weighted by molar-refractivity contribution is 7.18. The predicted octanol–water partition coefficient (Wildman–Crippen LogP) is 4.25. The van der Waals surface area contributed by atoms with E-state index >= 15 is 0 Å². The van der Waals surface area contributed by atoms with Crippen molar-refractivity contribution in [2.75, 3.05) is 7.05 Å². The van der Waals surface area contributed by atoms with Crippen LogP contribution in [0.15, 0.2) is 24.3 Å². The molecule has 0 spiro atoms. The standard InChI is InChI=1S/C16H20F2N2S/c1-19-13(11-6-8-16(17,18)9-7-11)10-15-20-12-4-2-3-5-14(12)21-15/h2-5,11,13,19H,6-10H2,1H3. The van der Waals surface area contributed by atoms with Crippen LogP contribution in [0.1, 0.15) is 30.7 Å². The molecule has 0 radical (unpaired) electrons. The molecule has 1 aromatic heterocycles. The Morgan fingerprint density at radius 3 is 2.71 bits per heavy atom. The van der Waals surface area contributed by atoms with Gasteiger partial charge in [0, 0.05) is 25.3 Å². The first-order valence-electron chi connectivity index (χ1n) is 7.47. The first-order valence-corrected chi connectivity index (χ1v) is 8.28. The molecule has 0 aliphatic heterocycles. The Balaban J connectivity index is 1.69. The highest BCUT2D eigenvalue weighted by Crippen LogP contribution is 2.38. The van der Waals surface area contributed by atoms with E-state index in [2.05, 4.69) is 16.4 Å². The van der Waals surface area contributed by atoms with E-state index in [9.17, 15) is 8.78 Å². The molecule has 5 heteroatoms. The van der Waals surface area contributed by atoms with Crippen molar-refractivity contribution in [2.24, 2.45) is 5.92 Å². The number of likely N-dealkylation sites (N-methyl/N-ethyl adjacent to an activating group) is 1. The number of halogens is 2. The second kappa shape index (κ2) is 5.97. The molecular weight excluding hydrogens is 290 g/mol. The number of hydrogen-bond donors (Lipinski definition) is 1. The Bertz CT molecular complexity index is 568. The van der Waals surface area contributed by atoms with Crippen molar-refractivity contribution in [3.05, 3.63) is 29.3 Å². The van der Waals surface area contributed by atoms with Gasteiger partial charge in [-0.15, -0.1) is 11.3 Å². The first-order chi connectivity index (χ1) is 10.1. The second-order valence-corrected chi connectivity index (χ2v) is 6.98. The van der Waals surface area contributed by atoms with Gasteiger partial charge in [0.1, 0.15) is 0 Å². The quantitative estimate of drug-likeness (QED) is 0.913. The maximum atomic E-state index is 13.3. The third kappa shape index (κ3) is 3.40. The van der Waals surface area contributed by atoms with Crippen LogP contribution in [-0.2, 0) is 6.42 Å². The van der Waals surface area contributed by atoms with Crippen molar-refractivity contribution in [1.82, 2.24) is 10.3 Å². The topological polar surface area (TPSA) is 24.9 Å². The van der Waals surface area contributed by atoms with E-state index in [1.807, 2.05) is 25.2 Å². The number of hydrogen-bond acceptors (Lipinski definition) is 3. The van der Waals surface area contributed by atoms with Gasteiger partial charge in [-0.1, -0.05) is 12.1 Å². The molecule has 1 fully saturated rings. The summed E-state index contributed by atoms with van der Waals surface area (Å²) in [5, 5.41) is 4.40. The van der Waals surface area contributed by atoms with E-state index in [1.54, 1.807) is 11.3 Å². The summed E-state index contributed by atoms with van der Waals surface area (Å²) < 4.78 is 27.8. The molecule has 21 heavy (non-hydrogen) atoms. The van der Waals surface area contributed by atoms with Crippen molar-refractivity contribution in [2.45, 2.75) is 44.1 Å². The van der Waals surface area contributed by atoms with Crippen LogP contribution in [0.25, 0.3) is 10.2 Å². The lowest BCUT2D eigenvalue weighted by atomic mass is 9.81. The summed E-state index contributed by atoms with van der Waals surface area (Å²) in [6.07, 6.45) is 2.07. The fourth-order valence-electron chi connectivity index (χ4n) is 3.16. The number of para-hydroxylation sites is 1. The zero-order valence-corrected chi connectivity index (χ0v) is 12.9. The maximum Gasteiger partial charge on any atom is 0.248 e. The lowest BCUT2D eigenvalue weighted by Gasteiger charge is -2.33. The fraction of sp³-hybridized carbons (Fsp3) is 0.562. The van der Waals surface area contributed by atoms with Crippen LogP contribution >= 0.6 is 11.3 Å². The van der Waals surface area contributed by atoms with Gasteiger partial charge in [0.25, 0.3) is 0 Å². The average Bonchev–Trinajstić information content (AvgIpc) is 2.87. The molecule has 0 amide bonds. The van der Waals surface area contributed by atoms with Crippen molar-refractivity contribution in [3.8, 4) is 0 Å². The smallest absolute Gasteiger partial charge is 0.248 e. The molecule has 1 aromatic carbocycles. The molecule has 1 aliphatic rings. The molecule has 2 nitrogen and oxygen atoms in total. The average molecular weight is 310 g/mol. The normalized spacial score (nSPS) is 20.7. The molecule has 1 N–H and O–H groups in total. The summed E-state index contributed by atoms with van der Waals surface area (Å²) >= 11 is 1.71. The molecular formula is C16H20F2N2S. The number of nitrogens with zero attached hydrogens (tertiary/aromatic N) is 1. The third-order valence-corrected chi connectivity index (χ3v) is 5.49. The predicted molar refractivity (Wildman–Crippen MR) is 83.1 cm³/mol. The zero-order valence-electron chi connectivity index (χ0n) is 12.1. The van der Waals surface area contributed by atoms with Gasteiger partial charge in [-0.3, -0.25) is 0 Å². The third-order valence-electron chi connectivity index (χ3n) is 4.43. The number of fused-ring (bicyclic) bond motifs is 1. The minimum absolute atomic E-state index is 0.0235. The van der Waals surface area contributed by atoms with Gasteiger partial charge in [-0.05, 0) is 37.9 Å². The van der Waals surface area contributed by atoms with Crippen molar-refractivity contribution >= 4 is 21.6 Å². The Morgan fingerprint density at radius 2 is 2.05 bits per heavy atom. The van der Waals surface area contributed by atoms with Gasteiger partial charge >= 0.3 is 0 Å². The van der Waals surface area contributed by atoms with Crippen LogP contribution in [0, 0.1) is 5.92 Å². The van der Waals surface area contributed by atoms with E-state index in [-0.39, 0.29) is 18.9 Å². The largest absolute Gasteiger partial charge is 0.316 e. The van der Waals surface area contributed by atoms with E-state index < -0.39 is 5.92 Å². The van der Waals surface area contributed by atoms with Crippen molar-refractivity contribution in [1.29, 1.82) is 0 Å². The van der Waals surface area contributed by atoms with Crippen LogP contribution in [-0.4, -0.2) is 24.0 Å². The van der Waals surface area contributed by atoms with Crippen LogP contribution < -0.4 is 5.32 Å². The molecule has 0 saturated heterocycles. The van der Waals surface area contributed by atoms with Gasteiger partial charge in [0.15, 0.2) is 0 Å². The van der Waals surface area contributed by atoms with Crippen LogP contribution in [0.5, 0.6) is 0 Å². The Morgan fingerprint density at radius 1 is 1.33 bits per heavy atom. The number of alkyl halides is 2. The minimum Gasteiger partial charge on any atom is -0.316 e. The van der Waals surface area contributed by atoms with Gasteiger partial charge in [-0.2, -0.15) is 0 Å². The zero-order chi connectivity index (χ0) is 14.9. The molecule has 1 heterocycles. The van der Waals surface area contributed by atoms with Gasteiger partial charge < -0.3 is 5.32 Å². The van der Waals surface area contributed by atoms with Crippen molar-refractivity contribution in [3.63, 3.8) is 0 Å². The van der Waals surface area contributed by atoms with Gasteiger partial charge in [0.2, 0.25) is 5.92 Å². The summed E-state index contributed by atoms with van der Waals surface area (Å²) in [6.45, 7) is 0. The number of benzene rings is 1. The maximum absolute atomic E-state index is 13.3. The molecule has 1 unspecified atom stereocenters. The fourth-order valence-corrected chi connectivity index (χ4v) is 4.19. The number of thiazole rings is 1. The number of aromatic nitrogens is 1. The van der Waals surface area contributed by atoms with Crippen molar-refractivity contribution < 1.29 is 8.78 Å². The molecule has 0 bridgehead atoms. The lowest BCUT2D eigenvalue weighted by molar-refractivity contribution is -0.0492. The second-order valence-electron chi connectivity index (χ2n) is 5.87. The highest BCUT2D eigenvalue weighted by atomic mass is 32.1. The Kier molecular flexibility index (Phi) is 4.22. The highest BCUT2D eigenvalue weighted by Gasteiger charge is 2.37. The van der Waals surface area contributed by atoms with E-state index in [4.69, 9.17) is 0 Å². The Labute approximate surface area is 127 Å². The van der Waals surface area contributed by atoms with E-state index in [1.165, 1.54) is 4.70 Å². The summed E-state index contributed by atoms with van der Waals surface area (Å²) in [5.41, 5.74) is 1.03. The lowest BCUT2D eigenvalue weighted by Crippen LogP contribution is -2.39. The van der Waals surface area contributed by atoms with Crippen LogP contribution in [0.4, 0.5) is 8.78 Å². The molecule has 114 valence electrons. The van der Waals surface area contributed by atoms with Crippen LogP contribution in [0.3, 0.4) is 0 Å². The summed E-state index contributed by atoms with van der Waals surface area (Å²) in [6, 6.07) is 8.34. The summed E-state index contributed by atoms with van der Waals surface area (Å²) in [7, 11) is 1.92. The van der Waals surface area contributed by atoms with Crippen LogP contribution in [0.2, 0.25) is 0 Å². The monoisotopic (exact) mass is 310 g/mol. The molecule has 3 rings (SSSR count). The van der Waals surface area contributed by atoms with Gasteiger partial charge in [-0.25, -0.2) is 13.8 Å². The summed E-state index contributed by atoms with van der Waals surface area (Å²) in [5.74, 6) is -2.13. The SMILES string of the molecule is CNC(Cc1nc2ccccc2s1)C1CCC(F)(F)CC1. The molecule has 1 aliphatic carbocycles. The minimum atomic E-state index is -2.45. The number of nitrogens with one attached hydrogen (secondary N) is 1. The first kappa shape index (κ1) is 14.9. The molecule has 2 aromatic rings. The molecule has 1 saturated carbocycles. The molecule has 1 atom stereocenters. The van der Waals surface area contributed by atoms with E-state index in [0.717, 1.165) is 16.9 Å². The number of rotatable bonds is 4. The Hall–Kier alpha value is -1.07. The van der Waals surface area contributed by atoms with E-state index in [0.29, 0.717) is 18.8 Å². The summed E-state index contributed by atoms with van der Waals surface area (Å²) in [4.78, 5) is 4.65.